The molecule has 0 radical (unpaired) electrons. The molecule has 0 saturated carbocycles. The summed E-state index contributed by atoms with van der Waals surface area (Å²) in [6, 6.07) is 0. The lowest BCUT2D eigenvalue weighted by molar-refractivity contribution is -0.150. The molecule has 2 nitrogen and oxygen atoms in total. The van der Waals surface area contributed by atoms with E-state index in [1.54, 1.807) is 0 Å². The number of carbonyl (C=O) groups is 1. The van der Waals surface area contributed by atoms with Gasteiger partial charge >= 0.3 is 5.97 Å². The SMILES string of the molecule is CCCCC(CC)COC(=O)C(C)C(C)C. The zero-order valence-electron chi connectivity index (χ0n) is 11.6. The minimum Gasteiger partial charge on any atom is -0.465 e. The molecular formula is C14H28O2. The Balaban J connectivity index is 3.87. The molecule has 0 aromatic heterocycles. The van der Waals surface area contributed by atoms with Gasteiger partial charge in [-0.1, -0.05) is 53.9 Å². The predicted molar refractivity (Wildman–Crippen MR) is 68.3 cm³/mol. The average Bonchev–Trinajstić information content (AvgIpc) is 2.27. The Labute approximate surface area is 101 Å². The van der Waals surface area contributed by atoms with Crippen molar-refractivity contribution in [3.05, 3.63) is 0 Å². The molecule has 0 N–H and O–H groups in total. The highest BCUT2D eigenvalue weighted by molar-refractivity contribution is 5.72. The summed E-state index contributed by atoms with van der Waals surface area (Å²) >= 11 is 0. The second-order valence-corrected chi connectivity index (χ2v) is 5.08. The van der Waals surface area contributed by atoms with Gasteiger partial charge in [0.25, 0.3) is 0 Å². The van der Waals surface area contributed by atoms with Crippen LogP contribution in [0.1, 0.15) is 60.3 Å². The first kappa shape index (κ1) is 15.5. The molecule has 0 saturated heterocycles. The largest absolute Gasteiger partial charge is 0.465 e. The smallest absolute Gasteiger partial charge is 0.308 e. The highest BCUT2D eigenvalue weighted by Crippen LogP contribution is 2.16. The van der Waals surface area contributed by atoms with Crippen molar-refractivity contribution in [3.8, 4) is 0 Å². The number of hydrogen-bond donors (Lipinski definition) is 0. The molecule has 0 spiro atoms. The van der Waals surface area contributed by atoms with Crippen LogP contribution in [0.2, 0.25) is 0 Å². The lowest BCUT2D eigenvalue weighted by Crippen LogP contribution is -2.22. The molecule has 0 heterocycles. The van der Waals surface area contributed by atoms with Gasteiger partial charge in [0.2, 0.25) is 0 Å². The molecule has 0 aliphatic heterocycles. The fourth-order valence-electron chi connectivity index (χ4n) is 1.50. The molecule has 2 heteroatoms. The zero-order chi connectivity index (χ0) is 12.6. The van der Waals surface area contributed by atoms with Gasteiger partial charge in [-0.15, -0.1) is 0 Å². The molecule has 16 heavy (non-hydrogen) atoms. The summed E-state index contributed by atoms with van der Waals surface area (Å²) in [6.45, 7) is 11.0. The minimum atomic E-state index is -0.0371. The van der Waals surface area contributed by atoms with Crippen molar-refractivity contribution in [3.63, 3.8) is 0 Å². The van der Waals surface area contributed by atoms with E-state index in [1.807, 2.05) is 6.92 Å². The van der Waals surface area contributed by atoms with Gasteiger partial charge in [0.1, 0.15) is 0 Å². The lowest BCUT2D eigenvalue weighted by atomic mass is 9.98. The molecule has 0 aromatic rings. The molecule has 2 atom stereocenters. The van der Waals surface area contributed by atoms with Crippen LogP contribution in [0.5, 0.6) is 0 Å². The van der Waals surface area contributed by atoms with E-state index in [1.165, 1.54) is 19.3 Å². The van der Waals surface area contributed by atoms with Crippen LogP contribution in [0, 0.1) is 17.8 Å². The Morgan fingerprint density at radius 2 is 1.81 bits per heavy atom. The van der Waals surface area contributed by atoms with E-state index in [2.05, 4.69) is 27.7 Å². The average molecular weight is 228 g/mol. The number of carbonyl (C=O) groups excluding carboxylic acids is 1. The standard InChI is InChI=1S/C14H28O2/c1-6-8-9-13(7-2)10-16-14(15)12(5)11(3)4/h11-13H,6-10H2,1-5H3. The summed E-state index contributed by atoms with van der Waals surface area (Å²) in [4.78, 5) is 11.7. The summed E-state index contributed by atoms with van der Waals surface area (Å²) in [7, 11) is 0. The Bertz CT molecular complexity index is 187. The number of hydrogen-bond acceptors (Lipinski definition) is 2. The number of esters is 1. The molecule has 0 fully saturated rings. The minimum absolute atomic E-state index is 0.0173. The van der Waals surface area contributed by atoms with Crippen LogP contribution in [0.15, 0.2) is 0 Å². The summed E-state index contributed by atoms with van der Waals surface area (Å²) < 4.78 is 5.38. The zero-order valence-corrected chi connectivity index (χ0v) is 11.6. The lowest BCUT2D eigenvalue weighted by Gasteiger charge is -2.18. The van der Waals surface area contributed by atoms with Crippen LogP contribution >= 0.6 is 0 Å². The Morgan fingerprint density at radius 1 is 1.19 bits per heavy atom. The van der Waals surface area contributed by atoms with Gasteiger partial charge in [-0.05, 0) is 18.3 Å². The number of unbranched alkanes of at least 4 members (excludes halogenated alkanes) is 1. The monoisotopic (exact) mass is 228 g/mol. The van der Waals surface area contributed by atoms with Crippen LogP contribution in [0.25, 0.3) is 0 Å². The maximum Gasteiger partial charge on any atom is 0.308 e. The Kier molecular flexibility index (Phi) is 8.32. The van der Waals surface area contributed by atoms with Crippen molar-refractivity contribution < 1.29 is 9.53 Å². The summed E-state index contributed by atoms with van der Waals surface area (Å²) in [5.74, 6) is 0.889. The Hall–Kier alpha value is -0.530. The van der Waals surface area contributed by atoms with Crippen molar-refractivity contribution in [2.75, 3.05) is 6.61 Å². The Morgan fingerprint density at radius 3 is 2.25 bits per heavy atom. The van der Waals surface area contributed by atoms with Gasteiger partial charge < -0.3 is 4.74 Å². The summed E-state index contributed by atoms with van der Waals surface area (Å²) in [5, 5.41) is 0. The highest BCUT2D eigenvalue weighted by atomic mass is 16.5. The fraction of sp³-hybridized carbons (Fsp3) is 0.929. The molecular weight excluding hydrogens is 200 g/mol. The third-order valence-electron chi connectivity index (χ3n) is 3.38. The first-order chi connectivity index (χ1) is 7.52. The number of rotatable bonds is 8. The number of ether oxygens (including phenoxy) is 1. The first-order valence-electron chi connectivity index (χ1n) is 6.69. The van der Waals surface area contributed by atoms with E-state index in [-0.39, 0.29) is 11.9 Å². The third-order valence-corrected chi connectivity index (χ3v) is 3.38. The fourth-order valence-corrected chi connectivity index (χ4v) is 1.50. The third kappa shape index (κ3) is 6.14. The van der Waals surface area contributed by atoms with Crippen molar-refractivity contribution in [1.82, 2.24) is 0 Å². The van der Waals surface area contributed by atoms with Gasteiger partial charge in [-0.2, -0.15) is 0 Å². The van der Waals surface area contributed by atoms with Crippen LogP contribution < -0.4 is 0 Å². The summed E-state index contributed by atoms with van der Waals surface area (Å²) in [5.41, 5.74) is 0. The van der Waals surface area contributed by atoms with Gasteiger partial charge in [0.05, 0.1) is 12.5 Å². The van der Waals surface area contributed by atoms with Gasteiger partial charge in [0, 0.05) is 0 Å². The molecule has 0 rings (SSSR count). The van der Waals surface area contributed by atoms with Crippen molar-refractivity contribution in [2.24, 2.45) is 17.8 Å². The van der Waals surface area contributed by atoms with Crippen molar-refractivity contribution in [2.45, 2.75) is 60.3 Å². The molecule has 96 valence electrons. The van der Waals surface area contributed by atoms with Crippen molar-refractivity contribution >= 4 is 5.97 Å². The van der Waals surface area contributed by atoms with E-state index >= 15 is 0 Å². The quantitative estimate of drug-likeness (QED) is 0.586. The van der Waals surface area contributed by atoms with E-state index < -0.39 is 0 Å². The maximum absolute atomic E-state index is 11.7. The highest BCUT2D eigenvalue weighted by Gasteiger charge is 2.19. The van der Waals surface area contributed by atoms with Crippen LogP contribution in [0.3, 0.4) is 0 Å². The molecule has 0 aliphatic rings. The van der Waals surface area contributed by atoms with E-state index in [0.717, 1.165) is 6.42 Å². The first-order valence-corrected chi connectivity index (χ1v) is 6.69. The van der Waals surface area contributed by atoms with E-state index in [9.17, 15) is 4.79 Å². The predicted octanol–water partition coefficient (Wildman–Crippen LogP) is 4.04. The van der Waals surface area contributed by atoms with Crippen LogP contribution in [-0.4, -0.2) is 12.6 Å². The van der Waals surface area contributed by atoms with Gasteiger partial charge in [-0.25, -0.2) is 0 Å². The molecule has 0 aliphatic carbocycles. The van der Waals surface area contributed by atoms with E-state index in [4.69, 9.17) is 4.74 Å². The molecule has 2 unspecified atom stereocenters. The molecule has 0 bridgehead atoms. The van der Waals surface area contributed by atoms with Gasteiger partial charge in [-0.3, -0.25) is 4.79 Å². The summed E-state index contributed by atoms with van der Waals surface area (Å²) in [6.07, 6.45) is 4.72. The van der Waals surface area contributed by atoms with E-state index in [0.29, 0.717) is 18.4 Å². The molecule has 0 aromatic carbocycles. The topological polar surface area (TPSA) is 26.3 Å². The molecule has 0 amide bonds. The van der Waals surface area contributed by atoms with Crippen molar-refractivity contribution in [1.29, 1.82) is 0 Å². The normalized spacial score (nSPS) is 14.9. The van der Waals surface area contributed by atoms with Crippen LogP contribution in [-0.2, 0) is 9.53 Å². The maximum atomic E-state index is 11.7. The second-order valence-electron chi connectivity index (χ2n) is 5.08. The van der Waals surface area contributed by atoms with Gasteiger partial charge in [0.15, 0.2) is 0 Å². The second kappa shape index (κ2) is 8.60. The van der Waals surface area contributed by atoms with Crippen LogP contribution in [0.4, 0.5) is 0 Å².